The molecule has 8 heteroatoms. The summed E-state index contributed by atoms with van der Waals surface area (Å²) in [6, 6.07) is 20.2. The average molecular weight is 471 g/mol. The van der Waals surface area contributed by atoms with E-state index >= 15 is 0 Å². The van der Waals surface area contributed by atoms with Crippen LogP contribution in [0.25, 0.3) is 22.2 Å². The Morgan fingerprint density at radius 2 is 1.85 bits per heavy atom. The summed E-state index contributed by atoms with van der Waals surface area (Å²) < 4.78 is 3.33. The van der Waals surface area contributed by atoms with Crippen LogP contribution in [0.2, 0.25) is 5.02 Å². The lowest BCUT2D eigenvalue weighted by Crippen LogP contribution is -2.20. The maximum Gasteiger partial charge on any atom is 0.247 e. The van der Waals surface area contributed by atoms with Crippen LogP contribution in [0.4, 0.5) is 5.82 Å². The van der Waals surface area contributed by atoms with Crippen molar-refractivity contribution in [1.29, 1.82) is 0 Å². The van der Waals surface area contributed by atoms with E-state index in [1.54, 1.807) is 21.8 Å². The topological polar surface area (TPSA) is 77.6 Å². The van der Waals surface area contributed by atoms with Gasteiger partial charge in [0, 0.05) is 17.8 Å². The van der Waals surface area contributed by atoms with Gasteiger partial charge in [-0.1, -0.05) is 71.8 Å². The van der Waals surface area contributed by atoms with Crippen LogP contribution in [0, 0.1) is 13.8 Å². The van der Waals surface area contributed by atoms with Gasteiger partial charge < -0.3 is 5.32 Å². The smallest absolute Gasteiger partial charge is 0.247 e. The molecule has 3 aromatic heterocycles. The SMILES string of the molecule is Cc1cccc(Cn2cc(Cl)c(NC(=O)Cn3nc(C)c4c(-c5ccccc5)ccnc43)n2)c1. The molecule has 0 unspecified atom stereocenters. The minimum atomic E-state index is -0.279. The fourth-order valence-electron chi connectivity index (χ4n) is 4.12. The predicted molar refractivity (Wildman–Crippen MR) is 134 cm³/mol. The first-order chi connectivity index (χ1) is 16.5. The average Bonchev–Trinajstić information content (AvgIpc) is 3.32. The second kappa shape index (κ2) is 9.11. The van der Waals surface area contributed by atoms with Gasteiger partial charge in [-0.25, -0.2) is 9.67 Å². The first kappa shape index (κ1) is 21.9. The highest BCUT2D eigenvalue weighted by Crippen LogP contribution is 2.29. The quantitative estimate of drug-likeness (QED) is 0.367. The Hall–Kier alpha value is -3.97. The van der Waals surface area contributed by atoms with Crippen molar-refractivity contribution in [2.24, 2.45) is 0 Å². The van der Waals surface area contributed by atoms with Crippen LogP contribution in [0.1, 0.15) is 16.8 Å². The zero-order chi connectivity index (χ0) is 23.7. The van der Waals surface area contributed by atoms with Crippen LogP contribution >= 0.6 is 11.6 Å². The fraction of sp³-hybridized carbons (Fsp3) is 0.154. The second-order valence-corrected chi connectivity index (χ2v) is 8.63. The normalized spacial score (nSPS) is 11.1. The van der Waals surface area contributed by atoms with E-state index in [9.17, 15) is 4.79 Å². The molecule has 0 aliphatic carbocycles. The Morgan fingerprint density at radius 3 is 2.65 bits per heavy atom. The Labute approximate surface area is 202 Å². The molecule has 0 aliphatic heterocycles. The summed E-state index contributed by atoms with van der Waals surface area (Å²) >= 11 is 6.34. The lowest BCUT2D eigenvalue weighted by molar-refractivity contribution is -0.116. The lowest BCUT2D eigenvalue weighted by atomic mass is 10.0. The summed E-state index contributed by atoms with van der Waals surface area (Å²) in [6.07, 6.45) is 3.45. The third-order valence-corrected chi connectivity index (χ3v) is 5.86. The number of amides is 1. The molecular formula is C26H23ClN6O. The van der Waals surface area contributed by atoms with Crippen LogP contribution in [-0.4, -0.2) is 30.5 Å². The number of halogens is 1. The third-order valence-electron chi connectivity index (χ3n) is 5.59. The molecule has 0 saturated heterocycles. The molecule has 0 aliphatic rings. The minimum absolute atomic E-state index is 0.00332. The number of aryl methyl sites for hydroxylation is 2. The van der Waals surface area contributed by atoms with Crippen LogP contribution in [-0.2, 0) is 17.9 Å². The molecular weight excluding hydrogens is 448 g/mol. The van der Waals surface area contributed by atoms with Gasteiger partial charge in [0.05, 0.1) is 12.2 Å². The van der Waals surface area contributed by atoms with Gasteiger partial charge >= 0.3 is 0 Å². The molecule has 0 radical (unpaired) electrons. The Kier molecular flexibility index (Phi) is 5.86. The van der Waals surface area contributed by atoms with Crippen LogP contribution < -0.4 is 5.32 Å². The summed E-state index contributed by atoms with van der Waals surface area (Å²) in [5, 5.41) is 13.1. The summed E-state index contributed by atoms with van der Waals surface area (Å²) in [6.45, 7) is 4.53. The molecule has 5 rings (SSSR count). The maximum atomic E-state index is 12.8. The van der Waals surface area contributed by atoms with Gasteiger partial charge in [-0.2, -0.15) is 10.2 Å². The number of nitrogens with zero attached hydrogens (tertiary/aromatic N) is 5. The number of hydrogen-bond donors (Lipinski definition) is 1. The highest BCUT2D eigenvalue weighted by molar-refractivity contribution is 6.33. The molecule has 0 bridgehead atoms. The molecule has 170 valence electrons. The first-order valence-corrected chi connectivity index (χ1v) is 11.3. The van der Waals surface area contributed by atoms with Gasteiger partial charge in [0.2, 0.25) is 5.91 Å². The van der Waals surface area contributed by atoms with Crippen molar-refractivity contribution in [2.45, 2.75) is 26.9 Å². The van der Waals surface area contributed by atoms with E-state index in [1.165, 1.54) is 5.56 Å². The number of carbonyl (C=O) groups excluding carboxylic acids is 1. The fourth-order valence-corrected chi connectivity index (χ4v) is 4.32. The summed E-state index contributed by atoms with van der Waals surface area (Å²) in [7, 11) is 0. The van der Waals surface area contributed by atoms with Gasteiger partial charge in [0.15, 0.2) is 11.5 Å². The monoisotopic (exact) mass is 470 g/mol. The highest BCUT2D eigenvalue weighted by Gasteiger charge is 2.17. The van der Waals surface area contributed by atoms with Gasteiger partial charge in [-0.15, -0.1) is 0 Å². The van der Waals surface area contributed by atoms with E-state index in [0.29, 0.717) is 23.0 Å². The van der Waals surface area contributed by atoms with Crippen LogP contribution in [0.5, 0.6) is 0 Å². The van der Waals surface area contributed by atoms with Crippen molar-refractivity contribution >= 4 is 34.4 Å². The van der Waals surface area contributed by atoms with Crippen molar-refractivity contribution in [2.75, 3.05) is 5.32 Å². The molecule has 7 nitrogen and oxygen atoms in total. The van der Waals surface area contributed by atoms with Gasteiger partial charge in [-0.05, 0) is 36.6 Å². The predicted octanol–water partition coefficient (Wildman–Crippen LogP) is 5.25. The standard InChI is InChI=1S/C26H23ClN6O/c1-17-7-6-8-19(13-17)14-32-15-22(27)25(31-32)29-23(34)16-33-26-24(18(2)30-33)21(11-12-28-26)20-9-4-3-5-10-20/h3-13,15H,14,16H2,1-2H3,(H,29,31,34). The third kappa shape index (κ3) is 4.43. The molecule has 34 heavy (non-hydrogen) atoms. The molecule has 0 atom stereocenters. The number of aromatic nitrogens is 5. The number of anilines is 1. The van der Waals surface area contributed by atoms with Crippen molar-refractivity contribution in [3.05, 3.63) is 94.9 Å². The van der Waals surface area contributed by atoms with Crippen molar-refractivity contribution in [3.8, 4) is 11.1 Å². The van der Waals surface area contributed by atoms with Gasteiger partial charge in [0.25, 0.3) is 0 Å². The Bertz CT molecular complexity index is 1490. The first-order valence-electron chi connectivity index (χ1n) is 10.9. The Balaban J connectivity index is 1.35. The number of rotatable bonds is 6. The molecule has 1 amide bonds. The largest absolute Gasteiger partial charge is 0.306 e. The second-order valence-electron chi connectivity index (χ2n) is 8.23. The van der Waals surface area contributed by atoms with E-state index in [0.717, 1.165) is 27.8 Å². The van der Waals surface area contributed by atoms with Crippen LogP contribution in [0.15, 0.2) is 73.1 Å². The molecule has 0 saturated carbocycles. The number of benzene rings is 2. The number of carbonyl (C=O) groups is 1. The van der Waals surface area contributed by atoms with Crippen molar-refractivity contribution < 1.29 is 4.79 Å². The number of fused-ring (bicyclic) bond motifs is 1. The van der Waals surface area contributed by atoms with Crippen LogP contribution in [0.3, 0.4) is 0 Å². The summed E-state index contributed by atoms with van der Waals surface area (Å²) in [4.78, 5) is 17.3. The van der Waals surface area contributed by atoms with Gasteiger partial charge in [0.1, 0.15) is 11.6 Å². The van der Waals surface area contributed by atoms with Crippen molar-refractivity contribution in [3.63, 3.8) is 0 Å². The number of nitrogens with one attached hydrogen (secondary N) is 1. The highest BCUT2D eigenvalue weighted by atomic mass is 35.5. The molecule has 1 N–H and O–H groups in total. The minimum Gasteiger partial charge on any atom is -0.306 e. The van der Waals surface area contributed by atoms with E-state index in [1.807, 2.05) is 68.4 Å². The molecule has 0 fully saturated rings. The zero-order valence-corrected chi connectivity index (χ0v) is 19.6. The molecule has 3 heterocycles. The van der Waals surface area contributed by atoms with Gasteiger partial charge in [-0.3, -0.25) is 9.48 Å². The molecule has 0 spiro atoms. The number of pyridine rings is 1. The van der Waals surface area contributed by atoms with E-state index in [-0.39, 0.29) is 12.5 Å². The van der Waals surface area contributed by atoms with E-state index in [2.05, 4.69) is 26.6 Å². The zero-order valence-electron chi connectivity index (χ0n) is 18.9. The summed E-state index contributed by atoms with van der Waals surface area (Å²) in [5.74, 6) is 0.0458. The number of hydrogen-bond acceptors (Lipinski definition) is 4. The summed E-state index contributed by atoms with van der Waals surface area (Å²) in [5.41, 5.74) is 5.87. The molecule has 2 aromatic carbocycles. The Morgan fingerprint density at radius 1 is 1.03 bits per heavy atom. The molecule has 5 aromatic rings. The van der Waals surface area contributed by atoms with E-state index < -0.39 is 0 Å². The lowest BCUT2D eigenvalue weighted by Gasteiger charge is -2.06. The maximum absolute atomic E-state index is 12.8. The van der Waals surface area contributed by atoms with E-state index in [4.69, 9.17) is 11.6 Å². The van der Waals surface area contributed by atoms with Crippen molar-refractivity contribution in [1.82, 2.24) is 24.5 Å².